The Morgan fingerprint density at radius 2 is 1.75 bits per heavy atom. The maximum Gasteiger partial charge on any atom is 0.223 e. The van der Waals surface area contributed by atoms with Gasteiger partial charge in [0.05, 0.1) is 0 Å². The van der Waals surface area contributed by atoms with E-state index in [0.717, 1.165) is 0 Å². The molecule has 136 valence electrons. The summed E-state index contributed by atoms with van der Waals surface area (Å²) >= 11 is 0. The van der Waals surface area contributed by atoms with Crippen molar-refractivity contribution < 1.29 is 9.32 Å². The van der Waals surface area contributed by atoms with E-state index >= 15 is 0 Å². The highest BCUT2D eigenvalue weighted by molar-refractivity contribution is 5.75. The van der Waals surface area contributed by atoms with Crippen molar-refractivity contribution in [3.05, 3.63) is 60.8 Å². The molecule has 0 bridgehead atoms. The van der Waals surface area contributed by atoms with Crippen molar-refractivity contribution in [3.8, 4) is 0 Å². The number of aromatic nitrogens is 2. The Morgan fingerprint density at radius 1 is 1.25 bits per heavy atom. The molecule has 5 heteroatoms. The number of nitrogens with zero attached hydrogens (tertiary/aromatic N) is 3. The second-order valence-corrected chi connectivity index (χ2v) is 4.66. The third-order valence-corrected chi connectivity index (χ3v) is 2.21. The lowest BCUT2D eigenvalue weighted by Gasteiger charge is -2.05. The van der Waals surface area contributed by atoms with Crippen molar-refractivity contribution in [2.45, 2.75) is 41.5 Å². The lowest BCUT2D eigenvalue weighted by Crippen LogP contribution is -2.19. The molecule has 1 aromatic heterocycles. The smallest absolute Gasteiger partial charge is 0.223 e. The minimum absolute atomic E-state index is 0. The van der Waals surface area contributed by atoms with Gasteiger partial charge in [-0.15, -0.1) is 6.58 Å². The molecule has 0 radical (unpaired) electrons. The summed E-state index contributed by atoms with van der Waals surface area (Å²) in [7, 11) is 3.51. The molecule has 0 aliphatic rings. The summed E-state index contributed by atoms with van der Waals surface area (Å²) < 4.78 is 4.47. The highest BCUT2D eigenvalue weighted by Crippen LogP contribution is 1.92. The summed E-state index contributed by atoms with van der Waals surface area (Å²) in [5.41, 5.74) is 1.32. The number of hydrogen-bond acceptors (Lipinski definition) is 4. The first-order chi connectivity index (χ1) is 10.9. The van der Waals surface area contributed by atoms with E-state index in [1.54, 1.807) is 32.0 Å². The van der Waals surface area contributed by atoms with Gasteiger partial charge in [0, 0.05) is 27.4 Å². The van der Waals surface area contributed by atoms with Gasteiger partial charge in [-0.1, -0.05) is 61.5 Å². The molecule has 5 nitrogen and oxygen atoms in total. The van der Waals surface area contributed by atoms with E-state index in [9.17, 15) is 4.79 Å². The van der Waals surface area contributed by atoms with E-state index in [0.29, 0.717) is 12.3 Å². The topological polar surface area (TPSA) is 59.2 Å². The molecule has 0 spiro atoms. The fourth-order valence-corrected chi connectivity index (χ4v) is 1.08. The number of carbonyl (C=O) groups is 1. The van der Waals surface area contributed by atoms with Gasteiger partial charge in [-0.05, 0) is 13.8 Å². The van der Waals surface area contributed by atoms with Crippen LogP contribution in [0.25, 0.3) is 0 Å². The first-order valence-electron chi connectivity index (χ1n) is 7.41. The van der Waals surface area contributed by atoms with Crippen LogP contribution in [0.5, 0.6) is 0 Å². The SMILES string of the molecule is C.C=CC.CCC(=O)N(C)C.Cc1ccccc1.Cc1ncno1. The Kier molecular flexibility index (Phi) is 20.5. The molecule has 0 saturated heterocycles. The zero-order valence-electron chi connectivity index (χ0n) is 15.1. The molecule has 2 rings (SSSR count). The lowest BCUT2D eigenvalue weighted by molar-refractivity contribution is -0.128. The molecule has 0 N–H and O–H groups in total. The zero-order chi connectivity index (χ0) is 18.1. The molecule has 0 aliphatic carbocycles. The van der Waals surface area contributed by atoms with Crippen LogP contribution in [-0.4, -0.2) is 35.0 Å². The average Bonchev–Trinajstić information content (AvgIpc) is 3.00. The van der Waals surface area contributed by atoms with E-state index in [4.69, 9.17) is 0 Å². The molecular weight excluding hydrogens is 302 g/mol. The Morgan fingerprint density at radius 3 is 1.88 bits per heavy atom. The molecule has 24 heavy (non-hydrogen) atoms. The minimum Gasteiger partial charge on any atom is -0.349 e. The standard InChI is InChI=1S/C7H8.C5H11NO.C3H4N2O.C3H6.CH4/c1-7-5-3-2-4-6-7;1-4-5(7)6(2)3;1-3-4-2-5-6-3;1-3-2;/h2-6H,1H3;4H2,1-3H3;2H,1H3;3H,1H2,2H3;1H4. The zero-order valence-corrected chi connectivity index (χ0v) is 15.1. The summed E-state index contributed by atoms with van der Waals surface area (Å²) in [6.07, 6.45) is 3.72. The largest absolute Gasteiger partial charge is 0.349 e. The Bertz CT molecular complexity index is 495. The summed E-state index contributed by atoms with van der Waals surface area (Å²) in [4.78, 5) is 15.7. The van der Waals surface area contributed by atoms with Crippen LogP contribution in [0.1, 0.15) is 39.1 Å². The van der Waals surface area contributed by atoms with E-state index < -0.39 is 0 Å². The highest BCUT2D eigenvalue weighted by Gasteiger charge is 1.95. The second-order valence-electron chi connectivity index (χ2n) is 4.66. The third kappa shape index (κ3) is 19.6. The summed E-state index contributed by atoms with van der Waals surface area (Å²) in [6, 6.07) is 10.3. The number of carbonyl (C=O) groups excluding carboxylic acids is 1. The lowest BCUT2D eigenvalue weighted by atomic mass is 10.2. The predicted octanol–water partition coefficient (Wildman–Crippen LogP) is 4.69. The predicted molar refractivity (Wildman–Crippen MR) is 102 cm³/mol. The molecule has 0 saturated carbocycles. The normalized spacial score (nSPS) is 7.75. The van der Waals surface area contributed by atoms with Gasteiger partial charge in [-0.3, -0.25) is 4.79 Å². The number of benzene rings is 1. The first-order valence-corrected chi connectivity index (χ1v) is 7.41. The first kappa shape index (κ1) is 26.5. The van der Waals surface area contributed by atoms with E-state index in [2.05, 4.69) is 40.3 Å². The van der Waals surface area contributed by atoms with Gasteiger partial charge in [-0.2, -0.15) is 4.98 Å². The van der Waals surface area contributed by atoms with Gasteiger partial charge < -0.3 is 9.42 Å². The van der Waals surface area contributed by atoms with Crippen molar-refractivity contribution in [1.82, 2.24) is 15.0 Å². The monoisotopic (exact) mass is 335 g/mol. The van der Waals surface area contributed by atoms with Crippen molar-refractivity contribution in [2.24, 2.45) is 0 Å². The highest BCUT2D eigenvalue weighted by atomic mass is 16.5. The van der Waals surface area contributed by atoms with Crippen LogP contribution in [0.4, 0.5) is 0 Å². The molecule has 1 heterocycles. The summed E-state index contributed by atoms with van der Waals surface area (Å²) in [6.45, 7) is 10.9. The minimum atomic E-state index is 0. The van der Waals surface area contributed by atoms with E-state index in [1.807, 2.05) is 32.0 Å². The van der Waals surface area contributed by atoms with Crippen LogP contribution in [0.2, 0.25) is 0 Å². The third-order valence-electron chi connectivity index (χ3n) is 2.21. The van der Waals surface area contributed by atoms with Crippen molar-refractivity contribution in [2.75, 3.05) is 14.1 Å². The number of rotatable bonds is 1. The summed E-state index contributed by atoms with van der Waals surface area (Å²) in [5.74, 6) is 0.787. The Balaban J connectivity index is -0.000000251. The number of aryl methyl sites for hydroxylation is 2. The molecular formula is C19H33N3O2. The van der Waals surface area contributed by atoms with Gasteiger partial charge in [0.2, 0.25) is 11.8 Å². The van der Waals surface area contributed by atoms with Gasteiger partial charge in [0.1, 0.15) is 0 Å². The van der Waals surface area contributed by atoms with Crippen molar-refractivity contribution >= 4 is 5.91 Å². The molecule has 1 aromatic carbocycles. The summed E-state index contributed by atoms with van der Waals surface area (Å²) in [5, 5.41) is 3.34. The number of amides is 1. The molecule has 0 atom stereocenters. The fraction of sp³-hybridized carbons (Fsp3) is 0.421. The van der Waals surface area contributed by atoms with E-state index in [-0.39, 0.29) is 13.3 Å². The van der Waals surface area contributed by atoms with Gasteiger partial charge in [0.15, 0.2) is 6.33 Å². The van der Waals surface area contributed by atoms with Crippen LogP contribution in [-0.2, 0) is 4.79 Å². The number of allylic oxidation sites excluding steroid dienone is 1. The maximum atomic E-state index is 10.4. The van der Waals surface area contributed by atoms with Gasteiger partial charge in [-0.25, -0.2) is 0 Å². The molecule has 1 amide bonds. The molecule has 0 unspecified atom stereocenters. The molecule has 0 fully saturated rings. The Hall–Kier alpha value is -2.43. The average molecular weight is 335 g/mol. The molecule has 0 aliphatic heterocycles. The van der Waals surface area contributed by atoms with Gasteiger partial charge in [0.25, 0.3) is 0 Å². The van der Waals surface area contributed by atoms with Crippen LogP contribution in [0, 0.1) is 13.8 Å². The fourth-order valence-electron chi connectivity index (χ4n) is 1.08. The van der Waals surface area contributed by atoms with Crippen LogP contribution in [0.15, 0.2) is 53.8 Å². The quantitative estimate of drug-likeness (QED) is 0.710. The van der Waals surface area contributed by atoms with Crippen LogP contribution < -0.4 is 0 Å². The second kappa shape index (κ2) is 18.6. The van der Waals surface area contributed by atoms with Crippen LogP contribution in [0.3, 0.4) is 0 Å². The van der Waals surface area contributed by atoms with Crippen molar-refractivity contribution in [3.63, 3.8) is 0 Å². The van der Waals surface area contributed by atoms with Crippen molar-refractivity contribution in [1.29, 1.82) is 0 Å². The maximum absolute atomic E-state index is 10.4. The van der Waals surface area contributed by atoms with E-state index in [1.165, 1.54) is 11.9 Å². The molecule has 2 aromatic rings. The number of hydrogen-bond donors (Lipinski definition) is 0. The Labute approximate surface area is 147 Å². The van der Waals surface area contributed by atoms with Crippen LogP contribution >= 0.6 is 0 Å². The van der Waals surface area contributed by atoms with Gasteiger partial charge >= 0.3 is 0 Å².